The van der Waals surface area contributed by atoms with E-state index in [1.54, 1.807) is 4.90 Å². The van der Waals surface area contributed by atoms with E-state index in [4.69, 9.17) is 5.11 Å². The molecule has 3 nitrogen and oxygen atoms in total. The van der Waals surface area contributed by atoms with Crippen LogP contribution in [0.3, 0.4) is 0 Å². The van der Waals surface area contributed by atoms with Crippen LogP contribution in [0.1, 0.15) is 35.7 Å². The predicted octanol–water partition coefficient (Wildman–Crippen LogP) is 2.15. The van der Waals surface area contributed by atoms with Gasteiger partial charge in [0.15, 0.2) is 0 Å². The van der Waals surface area contributed by atoms with Gasteiger partial charge in [0, 0.05) is 25.6 Å². The quantitative estimate of drug-likeness (QED) is 0.852. The van der Waals surface area contributed by atoms with Crippen molar-refractivity contribution < 1.29 is 9.90 Å². The van der Waals surface area contributed by atoms with Gasteiger partial charge in [-0.05, 0) is 30.4 Å². The Morgan fingerprint density at radius 3 is 2.80 bits per heavy atom. The first-order valence-corrected chi connectivity index (χ1v) is 7.07. The number of hydrogen-bond donors (Lipinski definition) is 1. The van der Waals surface area contributed by atoms with Gasteiger partial charge < -0.3 is 10.0 Å². The highest BCUT2D eigenvalue weighted by Gasteiger charge is 2.34. The van der Waals surface area contributed by atoms with Gasteiger partial charge in [0.25, 0.3) is 5.91 Å². The number of hydrogen-bond acceptors (Lipinski definition) is 2. The zero-order valence-corrected chi connectivity index (χ0v) is 12.1. The Hall–Kier alpha value is -1.79. The minimum Gasteiger partial charge on any atom is -0.395 e. The first-order chi connectivity index (χ1) is 9.63. The van der Waals surface area contributed by atoms with E-state index in [9.17, 15) is 4.79 Å². The van der Waals surface area contributed by atoms with Gasteiger partial charge in [-0.15, -0.1) is 0 Å². The van der Waals surface area contributed by atoms with Crippen LogP contribution in [0.4, 0.5) is 0 Å². The molecule has 1 saturated carbocycles. The van der Waals surface area contributed by atoms with Crippen molar-refractivity contribution in [2.75, 3.05) is 20.2 Å². The summed E-state index contributed by atoms with van der Waals surface area (Å²) in [5.41, 5.74) is 1.38. The number of nitrogens with zero attached hydrogens (tertiary/aromatic N) is 1. The smallest absolute Gasteiger partial charge is 0.254 e. The molecule has 1 aliphatic carbocycles. The Bertz CT molecular complexity index is 541. The standard InChI is InChI=1S/C17H21NO2/c1-13-11-15(13)12-18(2)17(20)16-9-4-3-7-14(16)8-5-6-10-19/h3-4,7,9,13,15,19H,6,10-12H2,1-2H3. The van der Waals surface area contributed by atoms with Crippen molar-refractivity contribution in [2.45, 2.75) is 19.8 Å². The van der Waals surface area contributed by atoms with Crippen LogP contribution in [-0.2, 0) is 0 Å². The maximum atomic E-state index is 12.5. The third kappa shape index (κ3) is 3.61. The number of rotatable bonds is 4. The molecule has 1 N–H and O–H groups in total. The number of aliphatic hydroxyl groups excluding tert-OH is 1. The molecule has 0 saturated heterocycles. The highest BCUT2D eigenvalue weighted by molar-refractivity contribution is 5.96. The molecule has 2 atom stereocenters. The molecular formula is C17H21NO2. The topological polar surface area (TPSA) is 40.5 Å². The lowest BCUT2D eigenvalue weighted by molar-refractivity contribution is 0.0787. The summed E-state index contributed by atoms with van der Waals surface area (Å²) in [6.45, 7) is 3.08. The fourth-order valence-electron chi connectivity index (χ4n) is 2.29. The van der Waals surface area contributed by atoms with Gasteiger partial charge in [0.05, 0.1) is 12.2 Å². The van der Waals surface area contributed by atoms with Crippen molar-refractivity contribution in [1.29, 1.82) is 0 Å². The number of benzene rings is 1. The Labute approximate surface area is 120 Å². The van der Waals surface area contributed by atoms with Crippen LogP contribution < -0.4 is 0 Å². The lowest BCUT2D eigenvalue weighted by Crippen LogP contribution is -2.29. The molecular weight excluding hydrogens is 250 g/mol. The van der Waals surface area contributed by atoms with Crippen LogP contribution in [0.25, 0.3) is 0 Å². The maximum Gasteiger partial charge on any atom is 0.254 e. The summed E-state index contributed by atoms with van der Waals surface area (Å²) >= 11 is 0. The minimum atomic E-state index is 0.0259. The average molecular weight is 271 g/mol. The number of carbonyl (C=O) groups excluding carboxylic acids is 1. The van der Waals surface area contributed by atoms with E-state index in [1.807, 2.05) is 31.3 Å². The summed E-state index contributed by atoms with van der Waals surface area (Å²) in [4.78, 5) is 14.3. The Kier molecular flexibility index (Phi) is 4.81. The van der Waals surface area contributed by atoms with E-state index >= 15 is 0 Å². The molecule has 0 aliphatic heterocycles. The second-order valence-electron chi connectivity index (χ2n) is 5.48. The third-order valence-electron chi connectivity index (χ3n) is 3.75. The normalized spacial score (nSPS) is 19.9. The fraction of sp³-hybridized carbons (Fsp3) is 0.471. The molecule has 1 aromatic carbocycles. The van der Waals surface area contributed by atoms with Crippen molar-refractivity contribution in [2.24, 2.45) is 11.8 Å². The van der Waals surface area contributed by atoms with Crippen molar-refractivity contribution in [1.82, 2.24) is 4.90 Å². The SMILES string of the molecule is CC1CC1CN(C)C(=O)c1ccccc1C#CCCO. The zero-order chi connectivity index (χ0) is 14.5. The van der Waals surface area contributed by atoms with E-state index in [-0.39, 0.29) is 12.5 Å². The van der Waals surface area contributed by atoms with Gasteiger partial charge in [-0.3, -0.25) is 4.79 Å². The van der Waals surface area contributed by atoms with E-state index in [0.29, 0.717) is 17.9 Å². The molecule has 0 radical (unpaired) electrons. The van der Waals surface area contributed by atoms with Crippen LogP contribution in [0.15, 0.2) is 24.3 Å². The molecule has 1 aliphatic rings. The molecule has 106 valence electrons. The molecule has 1 amide bonds. The molecule has 2 unspecified atom stereocenters. The summed E-state index contributed by atoms with van der Waals surface area (Å²) < 4.78 is 0. The zero-order valence-electron chi connectivity index (χ0n) is 12.1. The number of amides is 1. The summed E-state index contributed by atoms with van der Waals surface area (Å²) in [5.74, 6) is 7.26. The molecule has 1 aromatic rings. The van der Waals surface area contributed by atoms with Crippen LogP contribution in [0.5, 0.6) is 0 Å². The van der Waals surface area contributed by atoms with Gasteiger partial charge in [0.1, 0.15) is 0 Å². The minimum absolute atomic E-state index is 0.0259. The van der Waals surface area contributed by atoms with Crippen molar-refractivity contribution >= 4 is 5.91 Å². The maximum absolute atomic E-state index is 12.5. The Balaban J connectivity index is 2.10. The summed E-state index contributed by atoms with van der Waals surface area (Å²) in [6, 6.07) is 7.41. The highest BCUT2D eigenvalue weighted by Crippen LogP contribution is 2.38. The molecule has 1 fully saturated rings. The first-order valence-electron chi connectivity index (χ1n) is 7.07. The third-order valence-corrected chi connectivity index (χ3v) is 3.75. The Morgan fingerprint density at radius 2 is 2.15 bits per heavy atom. The van der Waals surface area contributed by atoms with Crippen LogP contribution in [-0.4, -0.2) is 36.1 Å². The van der Waals surface area contributed by atoms with E-state index in [0.717, 1.165) is 18.0 Å². The highest BCUT2D eigenvalue weighted by atomic mass is 16.2. The average Bonchev–Trinajstić information content (AvgIpc) is 3.14. The van der Waals surface area contributed by atoms with Crippen molar-refractivity contribution in [3.8, 4) is 11.8 Å². The molecule has 0 bridgehead atoms. The first kappa shape index (κ1) is 14.6. The van der Waals surface area contributed by atoms with E-state index < -0.39 is 0 Å². The van der Waals surface area contributed by atoms with Gasteiger partial charge >= 0.3 is 0 Å². The fourth-order valence-corrected chi connectivity index (χ4v) is 2.29. The molecule has 3 heteroatoms. The second-order valence-corrected chi connectivity index (χ2v) is 5.48. The lowest BCUT2D eigenvalue weighted by Gasteiger charge is -2.18. The Morgan fingerprint density at radius 1 is 1.45 bits per heavy atom. The van der Waals surface area contributed by atoms with Gasteiger partial charge in [-0.25, -0.2) is 0 Å². The summed E-state index contributed by atoms with van der Waals surface area (Å²) in [6.07, 6.45) is 1.65. The lowest BCUT2D eigenvalue weighted by atomic mass is 10.1. The summed E-state index contributed by atoms with van der Waals surface area (Å²) in [7, 11) is 1.85. The number of aliphatic hydroxyl groups is 1. The van der Waals surface area contributed by atoms with Gasteiger partial charge in [0.2, 0.25) is 0 Å². The molecule has 0 heterocycles. The monoisotopic (exact) mass is 271 g/mol. The van der Waals surface area contributed by atoms with E-state index in [1.165, 1.54) is 6.42 Å². The second kappa shape index (κ2) is 6.58. The van der Waals surface area contributed by atoms with Crippen LogP contribution >= 0.6 is 0 Å². The molecule has 0 spiro atoms. The largest absolute Gasteiger partial charge is 0.395 e. The van der Waals surface area contributed by atoms with Crippen molar-refractivity contribution in [3.05, 3.63) is 35.4 Å². The van der Waals surface area contributed by atoms with Crippen LogP contribution in [0.2, 0.25) is 0 Å². The van der Waals surface area contributed by atoms with Gasteiger partial charge in [-0.1, -0.05) is 30.9 Å². The number of carbonyl (C=O) groups is 1. The summed E-state index contributed by atoms with van der Waals surface area (Å²) in [5, 5.41) is 8.76. The van der Waals surface area contributed by atoms with E-state index in [2.05, 4.69) is 18.8 Å². The molecule has 0 aromatic heterocycles. The molecule has 20 heavy (non-hydrogen) atoms. The predicted molar refractivity (Wildman–Crippen MR) is 79.3 cm³/mol. The molecule has 2 rings (SSSR count). The van der Waals surface area contributed by atoms with Crippen LogP contribution in [0, 0.1) is 23.7 Å². The van der Waals surface area contributed by atoms with Crippen molar-refractivity contribution in [3.63, 3.8) is 0 Å². The van der Waals surface area contributed by atoms with Gasteiger partial charge in [-0.2, -0.15) is 0 Å².